The minimum atomic E-state index is -0.178. The van der Waals surface area contributed by atoms with Crippen molar-refractivity contribution in [1.82, 2.24) is 0 Å². The number of carbonyl (C=O) groups is 1. The molecule has 0 aromatic carbocycles. The van der Waals surface area contributed by atoms with E-state index < -0.39 is 0 Å². The van der Waals surface area contributed by atoms with Gasteiger partial charge in [0.1, 0.15) is 0 Å². The molecule has 8 heavy (non-hydrogen) atoms. The van der Waals surface area contributed by atoms with Gasteiger partial charge in [0.05, 0.1) is 0 Å². The minimum absolute atomic E-state index is 0.178. The van der Waals surface area contributed by atoms with E-state index in [1.165, 1.54) is 0 Å². The fraction of sp³-hybridized carbons (Fsp3) is 0.750. The van der Waals surface area contributed by atoms with Gasteiger partial charge in [0.25, 0.3) is 0 Å². The zero-order chi connectivity index (χ0) is 6.41. The Kier molecular flexibility index (Phi) is 6.09. The monoisotopic (exact) mass is 316 g/mol. The quantitative estimate of drug-likeness (QED) is 0.613. The molecule has 0 saturated carbocycles. The summed E-state index contributed by atoms with van der Waals surface area (Å²) >= 11 is 5.66. The SMILES string of the molecule is O=C(CCCS)[O][Au]. The number of carbonyl (C=O) groups excluding carboxylic acids is 1. The van der Waals surface area contributed by atoms with Crippen molar-refractivity contribution in [2.24, 2.45) is 0 Å². The van der Waals surface area contributed by atoms with Gasteiger partial charge in [0.15, 0.2) is 0 Å². The van der Waals surface area contributed by atoms with Crippen LogP contribution < -0.4 is 0 Å². The molecule has 0 atom stereocenters. The third-order valence-electron chi connectivity index (χ3n) is 0.608. The second kappa shape index (κ2) is 5.69. The van der Waals surface area contributed by atoms with Crippen molar-refractivity contribution in [3.8, 4) is 0 Å². The van der Waals surface area contributed by atoms with Crippen LogP contribution in [0.1, 0.15) is 12.8 Å². The molecule has 0 radical (unpaired) electrons. The summed E-state index contributed by atoms with van der Waals surface area (Å²) in [6.45, 7) is 0. The van der Waals surface area contributed by atoms with Crippen LogP contribution in [0.15, 0.2) is 0 Å². The molecule has 0 heterocycles. The Morgan fingerprint density at radius 2 is 2.38 bits per heavy atom. The molecule has 0 aromatic rings. The van der Waals surface area contributed by atoms with Gasteiger partial charge in [-0.1, -0.05) is 0 Å². The van der Waals surface area contributed by atoms with Crippen molar-refractivity contribution in [1.29, 1.82) is 0 Å². The summed E-state index contributed by atoms with van der Waals surface area (Å²) in [4.78, 5) is 10.3. The summed E-state index contributed by atoms with van der Waals surface area (Å²) in [6, 6.07) is 0. The topological polar surface area (TPSA) is 26.3 Å². The Bertz CT molecular complexity index is 76.4. The summed E-state index contributed by atoms with van der Waals surface area (Å²) < 4.78 is 4.32. The van der Waals surface area contributed by atoms with E-state index >= 15 is 0 Å². The normalized spacial score (nSPS) is 8.88. The number of hydrogen-bond donors (Lipinski definition) is 1. The van der Waals surface area contributed by atoms with Gasteiger partial charge in [-0.05, 0) is 0 Å². The van der Waals surface area contributed by atoms with Gasteiger partial charge in [-0.25, -0.2) is 0 Å². The van der Waals surface area contributed by atoms with Crippen LogP contribution in [0.25, 0.3) is 0 Å². The molecular formula is C4H7AuO2S. The summed E-state index contributed by atoms with van der Waals surface area (Å²) in [5.74, 6) is 0.561. The fourth-order valence-corrected chi connectivity index (χ4v) is 0.633. The Morgan fingerprint density at radius 3 is 2.75 bits per heavy atom. The predicted octanol–water partition coefficient (Wildman–Crippen LogP) is 0.701. The van der Waals surface area contributed by atoms with Crippen LogP contribution in [0.5, 0.6) is 0 Å². The van der Waals surface area contributed by atoms with Crippen molar-refractivity contribution in [3.63, 3.8) is 0 Å². The van der Waals surface area contributed by atoms with Crippen LogP contribution in [-0.4, -0.2) is 11.7 Å². The molecule has 0 spiro atoms. The molecule has 0 unspecified atom stereocenters. The molecule has 0 saturated heterocycles. The summed E-state index contributed by atoms with van der Waals surface area (Å²) in [7, 11) is 0. The van der Waals surface area contributed by atoms with E-state index in [0.29, 0.717) is 6.42 Å². The van der Waals surface area contributed by atoms with E-state index in [-0.39, 0.29) is 5.97 Å². The molecule has 2 nitrogen and oxygen atoms in total. The van der Waals surface area contributed by atoms with Crippen LogP contribution >= 0.6 is 12.6 Å². The van der Waals surface area contributed by atoms with Crippen molar-refractivity contribution >= 4 is 18.6 Å². The Balaban J connectivity index is 2.99. The molecule has 4 heteroatoms. The Labute approximate surface area is 66.8 Å². The van der Waals surface area contributed by atoms with E-state index in [1.807, 2.05) is 0 Å². The first kappa shape index (κ1) is 8.56. The molecule has 0 fully saturated rings. The van der Waals surface area contributed by atoms with Gasteiger partial charge >= 0.3 is 66.7 Å². The van der Waals surface area contributed by atoms with E-state index in [2.05, 4.69) is 15.9 Å². The molecule has 0 rings (SSSR count). The second-order valence-corrected chi connectivity index (χ2v) is 2.15. The van der Waals surface area contributed by atoms with Gasteiger partial charge < -0.3 is 0 Å². The maximum atomic E-state index is 10.3. The number of thiol groups is 1. The van der Waals surface area contributed by atoms with Crippen LogP contribution in [0.4, 0.5) is 0 Å². The Morgan fingerprint density at radius 1 is 1.75 bits per heavy atom. The average Bonchev–Trinajstić information content (AvgIpc) is 1.83. The molecule has 0 bridgehead atoms. The van der Waals surface area contributed by atoms with E-state index in [1.54, 1.807) is 21.5 Å². The molecule has 0 amide bonds. The van der Waals surface area contributed by atoms with E-state index in [0.717, 1.165) is 12.2 Å². The third-order valence-corrected chi connectivity index (χ3v) is 1.42. The molecule has 0 aliphatic heterocycles. The van der Waals surface area contributed by atoms with Crippen molar-refractivity contribution in [3.05, 3.63) is 0 Å². The van der Waals surface area contributed by atoms with Gasteiger partial charge in [-0.15, -0.1) is 0 Å². The average molecular weight is 316 g/mol. The third kappa shape index (κ3) is 4.71. The zero-order valence-electron chi connectivity index (χ0n) is 4.19. The molecule has 52 valence electrons. The number of hydrogen-bond acceptors (Lipinski definition) is 3. The van der Waals surface area contributed by atoms with Gasteiger partial charge in [0.2, 0.25) is 0 Å². The summed E-state index contributed by atoms with van der Waals surface area (Å²) in [5.41, 5.74) is 0. The molecule has 0 aliphatic rings. The fourth-order valence-electron chi connectivity index (χ4n) is 0.254. The van der Waals surface area contributed by atoms with Gasteiger partial charge in [0, 0.05) is 0 Å². The first-order valence-corrected chi connectivity index (χ1v) is 3.72. The molecule has 0 N–H and O–H groups in total. The standard InChI is InChI=1S/C4H8O2S.Au/c5-4(6)2-1-3-7;/h7H,1-3H2,(H,5,6);/q;+1/p-1. The first-order chi connectivity index (χ1) is 3.81. The summed E-state index contributed by atoms with van der Waals surface area (Å²) in [5, 5.41) is 0. The zero-order valence-corrected chi connectivity index (χ0v) is 7.25. The van der Waals surface area contributed by atoms with Crippen molar-refractivity contribution in [2.45, 2.75) is 12.8 Å². The maximum absolute atomic E-state index is 10.3. The van der Waals surface area contributed by atoms with Crippen molar-refractivity contribution in [2.75, 3.05) is 5.75 Å². The molecule has 0 aromatic heterocycles. The van der Waals surface area contributed by atoms with E-state index in [4.69, 9.17) is 0 Å². The number of rotatable bonds is 3. The molecular weight excluding hydrogens is 309 g/mol. The second-order valence-electron chi connectivity index (χ2n) is 1.26. The predicted molar refractivity (Wildman–Crippen MR) is 29.2 cm³/mol. The Hall–Kier alpha value is 0.560. The van der Waals surface area contributed by atoms with E-state index in [9.17, 15) is 4.79 Å². The first-order valence-electron chi connectivity index (χ1n) is 2.20. The van der Waals surface area contributed by atoms with Crippen LogP contribution in [0, 0.1) is 0 Å². The van der Waals surface area contributed by atoms with Crippen LogP contribution in [0.2, 0.25) is 0 Å². The van der Waals surface area contributed by atoms with Crippen molar-refractivity contribution < 1.29 is 29.5 Å². The van der Waals surface area contributed by atoms with Gasteiger partial charge in [-0.2, -0.15) is 0 Å². The molecule has 0 aliphatic carbocycles. The van der Waals surface area contributed by atoms with Crippen LogP contribution in [0.3, 0.4) is 0 Å². The summed E-state index contributed by atoms with van der Waals surface area (Å²) in [6.07, 6.45) is 1.26. The van der Waals surface area contributed by atoms with Gasteiger partial charge in [-0.3, -0.25) is 0 Å². The van der Waals surface area contributed by atoms with Crippen LogP contribution in [-0.2, 0) is 29.5 Å².